The summed E-state index contributed by atoms with van der Waals surface area (Å²) in [7, 11) is 2.08. The normalized spacial score (nSPS) is 18.4. The summed E-state index contributed by atoms with van der Waals surface area (Å²) in [4.78, 5) is 26.2. The Morgan fingerprint density at radius 1 is 1.03 bits per heavy atom. The van der Waals surface area contributed by atoms with Gasteiger partial charge in [-0.15, -0.1) is 0 Å². The number of rotatable bonds is 8. The lowest BCUT2D eigenvalue weighted by Gasteiger charge is -2.31. The molecule has 32 heavy (non-hydrogen) atoms. The maximum Gasteiger partial charge on any atom is 0.275 e. The highest BCUT2D eigenvalue weighted by atomic mass is 16.5. The van der Waals surface area contributed by atoms with Crippen LogP contribution >= 0.6 is 0 Å². The molecule has 2 fully saturated rings. The van der Waals surface area contributed by atoms with Crippen LogP contribution in [-0.2, 0) is 17.8 Å². The molecule has 174 valence electrons. The quantitative estimate of drug-likeness (QED) is 0.618. The monoisotopic (exact) mass is 441 g/mol. The molecule has 0 radical (unpaired) electrons. The number of aromatic nitrogens is 1. The van der Waals surface area contributed by atoms with Gasteiger partial charge in [-0.05, 0) is 19.5 Å². The average molecular weight is 442 g/mol. The minimum Gasteiger partial charge on any atom is -0.447 e. The number of ether oxygens (including phenoxy) is 1. The van der Waals surface area contributed by atoms with Gasteiger partial charge in [0.05, 0.1) is 19.8 Å². The number of piperazine rings is 1. The van der Waals surface area contributed by atoms with Crippen molar-refractivity contribution in [2.45, 2.75) is 20.0 Å². The second kappa shape index (κ2) is 11.0. The van der Waals surface area contributed by atoms with Crippen LogP contribution in [0, 0.1) is 6.92 Å². The molecule has 1 aromatic carbocycles. The molecule has 2 aliphatic heterocycles. The summed E-state index contributed by atoms with van der Waals surface area (Å²) < 4.78 is 11.2. The van der Waals surface area contributed by atoms with E-state index in [4.69, 9.17) is 9.15 Å². The second-order valence-corrected chi connectivity index (χ2v) is 8.87. The van der Waals surface area contributed by atoms with Crippen molar-refractivity contribution in [3.8, 4) is 0 Å². The number of amides is 1. The molecule has 3 heterocycles. The van der Waals surface area contributed by atoms with E-state index in [9.17, 15) is 4.79 Å². The van der Waals surface area contributed by atoms with Crippen LogP contribution in [0.4, 0.5) is 0 Å². The van der Waals surface area contributed by atoms with E-state index >= 15 is 0 Å². The van der Waals surface area contributed by atoms with E-state index < -0.39 is 0 Å². The Morgan fingerprint density at radius 3 is 2.47 bits per heavy atom. The van der Waals surface area contributed by atoms with E-state index in [1.54, 1.807) is 0 Å². The van der Waals surface area contributed by atoms with Crippen LogP contribution in [0.15, 0.2) is 34.9 Å². The molecule has 2 aliphatic rings. The number of nitrogens with zero attached hydrogens (tertiary/aromatic N) is 5. The van der Waals surface area contributed by atoms with Gasteiger partial charge in [0.15, 0.2) is 5.69 Å². The van der Waals surface area contributed by atoms with Crippen LogP contribution in [0.1, 0.15) is 27.5 Å². The van der Waals surface area contributed by atoms with Crippen LogP contribution in [0.2, 0.25) is 0 Å². The SMILES string of the molecule is Cc1ccc(CN(CCN2CCOCC2)Cc2nc(C(=O)N3CCN(C)CC3)co2)cc1. The third kappa shape index (κ3) is 6.38. The van der Waals surface area contributed by atoms with Gasteiger partial charge in [-0.3, -0.25) is 14.6 Å². The fraction of sp³-hybridized carbons (Fsp3) is 0.583. The zero-order valence-corrected chi connectivity index (χ0v) is 19.3. The Bertz CT molecular complexity index is 855. The highest BCUT2D eigenvalue weighted by Gasteiger charge is 2.23. The van der Waals surface area contributed by atoms with Gasteiger partial charge in [-0.1, -0.05) is 29.8 Å². The van der Waals surface area contributed by atoms with Crippen molar-refractivity contribution in [3.05, 3.63) is 53.2 Å². The Hall–Kier alpha value is -2.26. The van der Waals surface area contributed by atoms with Gasteiger partial charge in [0.25, 0.3) is 5.91 Å². The summed E-state index contributed by atoms with van der Waals surface area (Å²) in [5.74, 6) is 0.558. The number of morpholine rings is 1. The van der Waals surface area contributed by atoms with Crippen LogP contribution in [0.25, 0.3) is 0 Å². The van der Waals surface area contributed by atoms with Crippen molar-refractivity contribution in [2.75, 3.05) is 72.6 Å². The Kier molecular flexibility index (Phi) is 7.91. The van der Waals surface area contributed by atoms with Crippen molar-refractivity contribution >= 4 is 5.91 Å². The lowest BCUT2D eigenvalue weighted by atomic mass is 10.1. The highest BCUT2D eigenvalue weighted by Crippen LogP contribution is 2.14. The molecule has 0 atom stereocenters. The zero-order valence-electron chi connectivity index (χ0n) is 19.3. The molecule has 1 amide bonds. The van der Waals surface area contributed by atoms with Gasteiger partial charge in [0.2, 0.25) is 5.89 Å². The third-order valence-electron chi connectivity index (χ3n) is 6.28. The molecule has 0 bridgehead atoms. The number of oxazole rings is 1. The lowest BCUT2D eigenvalue weighted by molar-refractivity contribution is 0.0320. The van der Waals surface area contributed by atoms with Crippen molar-refractivity contribution in [1.29, 1.82) is 0 Å². The summed E-state index contributed by atoms with van der Waals surface area (Å²) in [6.45, 7) is 12.2. The van der Waals surface area contributed by atoms with E-state index in [0.29, 0.717) is 18.1 Å². The zero-order chi connectivity index (χ0) is 22.3. The molecule has 2 aromatic rings. The van der Waals surface area contributed by atoms with Crippen molar-refractivity contribution in [3.63, 3.8) is 0 Å². The smallest absolute Gasteiger partial charge is 0.275 e. The molecule has 0 N–H and O–H groups in total. The number of carbonyl (C=O) groups excluding carboxylic acids is 1. The molecule has 8 heteroatoms. The first-order chi connectivity index (χ1) is 15.6. The number of aryl methyl sites for hydroxylation is 1. The topological polar surface area (TPSA) is 65.3 Å². The number of benzene rings is 1. The molecule has 0 aliphatic carbocycles. The molecule has 2 saturated heterocycles. The lowest BCUT2D eigenvalue weighted by Crippen LogP contribution is -2.47. The average Bonchev–Trinajstić information content (AvgIpc) is 3.28. The van der Waals surface area contributed by atoms with Crippen LogP contribution in [-0.4, -0.2) is 103 Å². The molecule has 0 spiro atoms. The van der Waals surface area contributed by atoms with Gasteiger partial charge in [-0.25, -0.2) is 4.98 Å². The first-order valence-corrected chi connectivity index (χ1v) is 11.6. The summed E-state index contributed by atoms with van der Waals surface area (Å²) in [6, 6.07) is 8.64. The van der Waals surface area contributed by atoms with Crippen LogP contribution < -0.4 is 0 Å². The largest absolute Gasteiger partial charge is 0.447 e. The van der Waals surface area contributed by atoms with Crippen LogP contribution in [0.5, 0.6) is 0 Å². The van der Waals surface area contributed by atoms with Gasteiger partial charge in [-0.2, -0.15) is 0 Å². The summed E-state index contributed by atoms with van der Waals surface area (Å²) >= 11 is 0. The molecule has 0 unspecified atom stereocenters. The van der Waals surface area contributed by atoms with Crippen molar-refractivity contribution in [2.24, 2.45) is 0 Å². The van der Waals surface area contributed by atoms with Gasteiger partial charge >= 0.3 is 0 Å². The van der Waals surface area contributed by atoms with E-state index in [0.717, 1.165) is 72.1 Å². The Labute approximate surface area is 190 Å². The Morgan fingerprint density at radius 2 is 1.75 bits per heavy atom. The predicted molar refractivity (Wildman–Crippen MR) is 122 cm³/mol. The number of carbonyl (C=O) groups is 1. The fourth-order valence-electron chi connectivity index (χ4n) is 4.12. The molecular formula is C24H35N5O3. The van der Waals surface area contributed by atoms with Gasteiger partial charge < -0.3 is 19.0 Å². The second-order valence-electron chi connectivity index (χ2n) is 8.87. The van der Waals surface area contributed by atoms with Crippen molar-refractivity contribution < 1.29 is 13.9 Å². The molecule has 8 nitrogen and oxygen atoms in total. The van der Waals surface area contributed by atoms with E-state index in [1.807, 2.05) is 4.90 Å². The molecule has 4 rings (SSSR count). The first-order valence-electron chi connectivity index (χ1n) is 11.6. The molecule has 1 aromatic heterocycles. The van der Waals surface area contributed by atoms with Crippen molar-refractivity contribution in [1.82, 2.24) is 24.6 Å². The van der Waals surface area contributed by atoms with E-state index in [-0.39, 0.29) is 5.91 Å². The highest BCUT2D eigenvalue weighted by molar-refractivity contribution is 5.92. The van der Waals surface area contributed by atoms with Gasteiger partial charge in [0.1, 0.15) is 6.26 Å². The molecular weight excluding hydrogens is 406 g/mol. The Balaban J connectivity index is 1.39. The summed E-state index contributed by atoms with van der Waals surface area (Å²) in [5.41, 5.74) is 2.93. The van der Waals surface area contributed by atoms with E-state index in [1.165, 1.54) is 17.4 Å². The first kappa shape index (κ1) is 22.9. The third-order valence-corrected chi connectivity index (χ3v) is 6.28. The standard InChI is InChI=1S/C24H35N5O3/c1-20-3-5-21(6-4-20)17-28(10-9-27-13-15-31-16-14-27)18-23-25-22(19-32-23)24(30)29-11-7-26(2)8-12-29/h3-6,19H,7-18H2,1-2H3. The van der Waals surface area contributed by atoms with E-state index in [2.05, 4.69) is 57.9 Å². The maximum atomic E-state index is 12.8. The molecule has 0 saturated carbocycles. The minimum atomic E-state index is -0.0356. The number of hydrogen-bond donors (Lipinski definition) is 0. The minimum absolute atomic E-state index is 0.0356. The maximum absolute atomic E-state index is 12.8. The summed E-state index contributed by atoms with van der Waals surface area (Å²) in [5, 5.41) is 0. The summed E-state index contributed by atoms with van der Waals surface area (Å²) in [6.07, 6.45) is 1.52. The fourth-order valence-corrected chi connectivity index (χ4v) is 4.12. The number of likely N-dealkylation sites (N-methyl/N-ethyl adjacent to an activating group) is 1. The predicted octanol–water partition coefficient (Wildman–Crippen LogP) is 1.71. The van der Waals surface area contributed by atoms with Gasteiger partial charge in [0, 0.05) is 58.9 Å². The number of hydrogen-bond acceptors (Lipinski definition) is 7. The van der Waals surface area contributed by atoms with Crippen LogP contribution in [0.3, 0.4) is 0 Å².